The zero-order chi connectivity index (χ0) is 19.0. The van der Waals surface area contributed by atoms with Crippen molar-refractivity contribution in [2.45, 2.75) is 45.1 Å². The molecule has 1 fully saturated rings. The fourth-order valence-corrected chi connectivity index (χ4v) is 6.90. The van der Waals surface area contributed by atoms with Gasteiger partial charge in [-0.1, -0.05) is 0 Å². The average Bonchev–Trinajstić information content (AvgIpc) is 3.18. The van der Waals surface area contributed by atoms with Crippen LogP contribution in [-0.2, 0) is 27.5 Å². The molecule has 27 heavy (non-hydrogen) atoms. The molecule has 2 aliphatic rings. The minimum atomic E-state index is -3.01. The van der Waals surface area contributed by atoms with Crippen molar-refractivity contribution in [3.8, 4) is 0 Å². The zero-order valence-electron chi connectivity index (χ0n) is 15.4. The van der Waals surface area contributed by atoms with Crippen LogP contribution in [0, 0.1) is 0 Å². The Kier molecular flexibility index (Phi) is 5.07. The lowest BCUT2D eigenvalue weighted by Gasteiger charge is -2.23. The van der Waals surface area contributed by atoms with Crippen molar-refractivity contribution in [2.75, 3.05) is 29.5 Å². The van der Waals surface area contributed by atoms with E-state index in [1.54, 1.807) is 17.7 Å². The minimum Gasteiger partial charge on any atom is -0.351 e. The first-order chi connectivity index (χ1) is 13.0. The first-order valence-corrected chi connectivity index (χ1v) is 12.1. The maximum atomic E-state index is 12.5. The lowest BCUT2D eigenvalue weighted by molar-refractivity contribution is -0.120. The van der Waals surface area contributed by atoms with Gasteiger partial charge < -0.3 is 10.2 Å². The van der Waals surface area contributed by atoms with Gasteiger partial charge in [0, 0.05) is 17.5 Å². The van der Waals surface area contributed by atoms with E-state index in [4.69, 9.17) is 0 Å². The first kappa shape index (κ1) is 18.6. The molecule has 1 atom stereocenters. The molecule has 1 aliphatic carbocycles. The van der Waals surface area contributed by atoms with E-state index in [0.29, 0.717) is 13.0 Å². The Morgan fingerprint density at radius 3 is 2.89 bits per heavy atom. The molecule has 0 bridgehead atoms. The number of hydrogen-bond donors (Lipinski definition) is 1. The Morgan fingerprint density at radius 1 is 1.33 bits per heavy atom. The summed E-state index contributed by atoms with van der Waals surface area (Å²) in [7, 11) is -3.01. The van der Waals surface area contributed by atoms with Crippen LogP contribution < -0.4 is 10.2 Å². The number of amides is 1. The summed E-state index contributed by atoms with van der Waals surface area (Å²) >= 11 is 1.74. The highest BCUT2D eigenvalue weighted by Gasteiger charge is 2.29. The third-order valence-electron chi connectivity index (χ3n) is 5.34. The van der Waals surface area contributed by atoms with Crippen molar-refractivity contribution in [3.05, 3.63) is 16.8 Å². The SMILES string of the molecule is CCN(CC(=O)N[C@H]1CCS(=O)(=O)C1)c1ncnc2sc3c(c12)CCCC3. The predicted octanol–water partition coefficient (Wildman–Crippen LogP) is 1.70. The highest BCUT2D eigenvalue weighted by Crippen LogP contribution is 2.39. The Hall–Kier alpha value is -1.74. The molecule has 2 aromatic rings. The summed E-state index contributed by atoms with van der Waals surface area (Å²) < 4.78 is 23.2. The fourth-order valence-electron chi connectivity index (χ4n) is 4.01. The van der Waals surface area contributed by atoms with Gasteiger partial charge in [-0.3, -0.25) is 4.79 Å². The second-order valence-corrected chi connectivity index (χ2v) is 10.6. The molecule has 0 spiro atoms. The molecular weight excluding hydrogens is 384 g/mol. The second-order valence-electron chi connectivity index (χ2n) is 7.27. The van der Waals surface area contributed by atoms with Crippen LogP contribution in [0.25, 0.3) is 10.2 Å². The molecule has 0 saturated carbocycles. The third kappa shape index (κ3) is 3.80. The van der Waals surface area contributed by atoms with E-state index in [1.165, 1.54) is 23.3 Å². The van der Waals surface area contributed by atoms with Crippen molar-refractivity contribution in [3.63, 3.8) is 0 Å². The van der Waals surface area contributed by atoms with Gasteiger partial charge in [0.2, 0.25) is 5.91 Å². The average molecular weight is 409 g/mol. The van der Waals surface area contributed by atoms with Gasteiger partial charge in [-0.25, -0.2) is 18.4 Å². The third-order valence-corrected chi connectivity index (χ3v) is 8.31. The number of carbonyl (C=O) groups excluding carboxylic acids is 1. The van der Waals surface area contributed by atoms with Crippen molar-refractivity contribution in [1.29, 1.82) is 0 Å². The molecule has 1 saturated heterocycles. The van der Waals surface area contributed by atoms with Crippen LogP contribution >= 0.6 is 11.3 Å². The highest BCUT2D eigenvalue weighted by molar-refractivity contribution is 7.91. The monoisotopic (exact) mass is 408 g/mol. The van der Waals surface area contributed by atoms with Crippen molar-refractivity contribution < 1.29 is 13.2 Å². The molecule has 0 unspecified atom stereocenters. The molecular formula is C18H24N4O3S2. The van der Waals surface area contributed by atoms with Crippen LogP contribution in [-0.4, -0.2) is 54.9 Å². The maximum absolute atomic E-state index is 12.5. The molecule has 1 aliphatic heterocycles. The number of fused-ring (bicyclic) bond motifs is 3. The van der Waals surface area contributed by atoms with E-state index in [2.05, 4.69) is 15.3 Å². The molecule has 146 valence electrons. The largest absolute Gasteiger partial charge is 0.351 e. The van der Waals surface area contributed by atoms with E-state index < -0.39 is 9.84 Å². The minimum absolute atomic E-state index is 0.0423. The number of nitrogens with zero attached hydrogens (tertiary/aromatic N) is 3. The first-order valence-electron chi connectivity index (χ1n) is 9.47. The van der Waals surface area contributed by atoms with Gasteiger partial charge in [-0.2, -0.15) is 0 Å². The number of aromatic nitrogens is 2. The number of hydrogen-bond acceptors (Lipinski definition) is 7. The normalized spacial score (nSPS) is 21.1. The molecule has 4 rings (SSSR count). The molecule has 0 radical (unpaired) electrons. The van der Waals surface area contributed by atoms with Crippen LogP contribution in [0.3, 0.4) is 0 Å². The van der Waals surface area contributed by atoms with E-state index in [0.717, 1.165) is 28.9 Å². The van der Waals surface area contributed by atoms with E-state index in [-0.39, 0.29) is 30.0 Å². The lowest BCUT2D eigenvalue weighted by Crippen LogP contribution is -2.43. The van der Waals surface area contributed by atoms with Crippen molar-refractivity contribution in [2.24, 2.45) is 0 Å². The molecule has 1 amide bonds. The molecule has 3 heterocycles. The molecule has 1 N–H and O–H groups in total. The number of sulfone groups is 1. The summed E-state index contributed by atoms with van der Waals surface area (Å²) in [6.45, 7) is 2.82. The molecule has 7 nitrogen and oxygen atoms in total. The number of aryl methyl sites for hydroxylation is 2. The van der Waals surface area contributed by atoms with Gasteiger partial charge in [0.25, 0.3) is 0 Å². The van der Waals surface area contributed by atoms with Crippen molar-refractivity contribution >= 4 is 43.1 Å². The van der Waals surface area contributed by atoms with Gasteiger partial charge in [-0.05, 0) is 44.6 Å². The van der Waals surface area contributed by atoms with Crippen LogP contribution in [0.2, 0.25) is 0 Å². The second kappa shape index (κ2) is 7.35. The number of rotatable bonds is 5. The van der Waals surface area contributed by atoms with Crippen LogP contribution in [0.15, 0.2) is 6.33 Å². The molecule has 2 aromatic heterocycles. The quantitative estimate of drug-likeness (QED) is 0.810. The summed E-state index contributed by atoms with van der Waals surface area (Å²) in [4.78, 5) is 25.8. The molecule has 0 aromatic carbocycles. The van der Waals surface area contributed by atoms with E-state index in [1.807, 2.05) is 11.8 Å². The number of carbonyl (C=O) groups is 1. The van der Waals surface area contributed by atoms with Crippen LogP contribution in [0.1, 0.15) is 36.6 Å². The summed E-state index contributed by atoms with van der Waals surface area (Å²) in [6, 6.07) is -0.277. The van der Waals surface area contributed by atoms with Gasteiger partial charge in [0.05, 0.1) is 23.4 Å². The smallest absolute Gasteiger partial charge is 0.239 e. The highest BCUT2D eigenvalue weighted by atomic mass is 32.2. The Bertz CT molecular complexity index is 970. The Morgan fingerprint density at radius 2 is 2.15 bits per heavy atom. The summed E-state index contributed by atoms with van der Waals surface area (Å²) in [5.74, 6) is 0.856. The van der Waals surface area contributed by atoms with Gasteiger partial charge >= 0.3 is 0 Å². The van der Waals surface area contributed by atoms with Gasteiger partial charge in [0.1, 0.15) is 17.0 Å². The van der Waals surface area contributed by atoms with E-state index >= 15 is 0 Å². The van der Waals surface area contributed by atoms with Gasteiger partial charge in [0.15, 0.2) is 9.84 Å². The van der Waals surface area contributed by atoms with Gasteiger partial charge in [-0.15, -0.1) is 11.3 Å². The summed E-state index contributed by atoms with van der Waals surface area (Å²) in [5, 5.41) is 3.97. The van der Waals surface area contributed by atoms with E-state index in [9.17, 15) is 13.2 Å². The summed E-state index contributed by atoms with van der Waals surface area (Å²) in [6.07, 6.45) is 6.60. The number of likely N-dealkylation sites (N-methyl/N-ethyl adjacent to an activating group) is 1. The van der Waals surface area contributed by atoms with Crippen molar-refractivity contribution in [1.82, 2.24) is 15.3 Å². The summed E-state index contributed by atoms with van der Waals surface area (Å²) in [5.41, 5.74) is 1.34. The topological polar surface area (TPSA) is 92.3 Å². The Labute approximate surface area is 163 Å². The predicted molar refractivity (Wildman–Crippen MR) is 107 cm³/mol. The van der Waals surface area contributed by atoms with Crippen LogP contribution in [0.4, 0.5) is 5.82 Å². The zero-order valence-corrected chi connectivity index (χ0v) is 17.0. The van der Waals surface area contributed by atoms with Crippen LogP contribution in [0.5, 0.6) is 0 Å². The molecule has 9 heteroatoms. The number of nitrogens with one attached hydrogen (secondary N) is 1. The standard InChI is InChI=1S/C18H24N4O3S2/c1-2-22(9-15(23)21-12-7-8-27(24,25)10-12)17-16-13-5-3-4-6-14(13)26-18(16)20-11-19-17/h11-12H,2-10H2,1H3,(H,21,23)/t12-/m0/s1. The maximum Gasteiger partial charge on any atom is 0.239 e. The number of anilines is 1. The number of thiophene rings is 1. The fraction of sp³-hybridized carbons (Fsp3) is 0.611. The lowest BCUT2D eigenvalue weighted by atomic mass is 9.97. The Balaban J connectivity index is 1.56.